The zero-order chi connectivity index (χ0) is 21.6. The Morgan fingerprint density at radius 2 is 2.00 bits per heavy atom. The monoisotopic (exact) mass is 459 g/mol. The van der Waals surface area contributed by atoms with Crippen molar-refractivity contribution in [2.24, 2.45) is 0 Å². The van der Waals surface area contributed by atoms with E-state index < -0.39 is 0 Å². The molecule has 0 atom stereocenters. The van der Waals surface area contributed by atoms with Crippen molar-refractivity contribution < 1.29 is 13.9 Å². The van der Waals surface area contributed by atoms with Gasteiger partial charge < -0.3 is 4.74 Å². The molecule has 0 bridgehead atoms. The van der Waals surface area contributed by atoms with Crippen LogP contribution >= 0.6 is 23.1 Å². The predicted octanol–water partition coefficient (Wildman–Crippen LogP) is 4.59. The van der Waals surface area contributed by atoms with Gasteiger partial charge in [0.2, 0.25) is 5.91 Å². The van der Waals surface area contributed by atoms with E-state index in [4.69, 9.17) is 9.72 Å². The van der Waals surface area contributed by atoms with E-state index in [1.54, 1.807) is 35.2 Å². The second kappa shape index (κ2) is 10.5. The molecule has 2 heterocycles. The molecule has 31 heavy (non-hydrogen) atoms. The van der Waals surface area contributed by atoms with Crippen molar-refractivity contribution in [3.8, 4) is 0 Å². The number of hydrogen-bond acceptors (Lipinski definition) is 6. The van der Waals surface area contributed by atoms with E-state index in [1.807, 2.05) is 24.0 Å². The number of thiazole rings is 1. The first-order chi connectivity index (χ1) is 15.1. The number of para-hydroxylation sites is 1. The van der Waals surface area contributed by atoms with Crippen LogP contribution in [0.25, 0.3) is 10.2 Å². The molecular weight excluding hydrogens is 433 g/mol. The molecular formula is C23H26FN3O2S2. The Bertz CT molecular complexity index is 1020. The largest absolute Gasteiger partial charge is 0.379 e. The van der Waals surface area contributed by atoms with Crippen LogP contribution in [0.4, 0.5) is 9.52 Å². The summed E-state index contributed by atoms with van der Waals surface area (Å²) in [4.78, 5) is 23.1. The summed E-state index contributed by atoms with van der Waals surface area (Å²) in [6, 6.07) is 12.5. The van der Waals surface area contributed by atoms with Crippen LogP contribution in [-0.4, -0.2) is 60.9 Å². The minimum Gasteiger partial charge on any atom is -0.379 e. The highest BCUT2D eigenvalue weighted by Gasteiger charge is 2.21. The summed E-state index contributed by atoms with van der Waals surface area (Å²) in [6.07, 6.45) is 0.403. The van der Waals surface area contributed by atoms with Gasteiger partial charge in [0.25, 0.3) is 0 Å². The molecule has 0 N–H and O–H groups in total. The molecule has 0 aliphatic carbocycles. The number of carbonyl (C=O) groups is 1. The Morgan fingerprint density at radius 1 is 1.23 bits per heavy atom. The fourth-order valence-corrected chi connectivity index (χ4v) is 5.43. The number of anilines is 1. The van der Waals surface area contributed by atoms with Gasteiger partial charge in [-0.2, -0.15) is 0 Å². The fourth-order valence-electron chi connectivity index (χ4n) is 3.51. The number of rotatable bonds is 8. The Morgan fingerprint density at radius 3 is 2.74 bits per heavy atom. The van der Waals surface area contributed by atoms with Gasteiger partial charge in [0, 0.05) is 43.2 Å². The lowest BCUT2D eigenvalue weighted by Gasteiger charge is -2.29. The highest BCUT2D eigenvalue weighted by atomic mass is 32.2. The first-order valence-corrected chi connectivity index (χ1v) is 12.3. The summed E-state index contributed by atoms with van der Waals surface area (Å²) in [5, 5.41) is 0.759. The summed E-state index contributed by atoms with van der Waals surface area (Å²) in [6.45, 7) is 6.72. The minimum atomic E-state index is -0.249. The van der Waals surface area contributed by atoms with Gasteiger partial charge in [0.1, 0.15) is 5.82 Å². The van der Waals surface area contributed by atoms with Gasteiger partial charge in [0.05, 0.1) is 23.4 Å². The van der Waals surface area contributed by atoms with E-state index >= 15 is 0 Å². The van der Waals surface area contributed by atoms with Crippen LogP contribution in [0.5, 0.6) is 0 Å². The highest BCUT2D eigenvalue weighted by molar-refractivity contribution is 7.99. The van der Waals surface area contributed by atoms with E-state index in [-0.39, 0.29) is 11.7 Å². The second-order valence-corrected chi connectivity index (χ2v) is 9.65. The van der Waals surface area contributed by atoms with Crippen molar-refractivity contribution in [1.82, 2.24) is 9.88 Å². The molecule has 1 amide bonds. The molecule has 1 fully saturated rings. The lowest BCUT2D eigenvalue weighted by atomic mass is 10.2. The lowest BCUT2D eigenvalue weighted by Crippen LogP contribution is -2.43. The van der Waals surface area contributed by atoms with Crippen LogP contribution in [0.1, 0.15) is 12.0 Å². The predicted molar refractivity (Wildman–Crippen MR) is 126 cm³/mol. The van der Waals surface area contributed by atoms with E-state index in [9.17, 15) is 9.18 Å². The second-order valence-electron chi connectivity index (χ2n) is 7.47. The molecule has 2 aromatic carbocycles. The third-order valence-corrected chi connectivity index (χ3v) is 7.34. The minimum absolute atomic E-state index is 0.0691. The number of aromatic nitrogens is 1. The quantitative estimate of drug-likeness (QED) is 0.461. The molecule has 1 aliphatic rings. The number of fused-ring (bicyclic) bond motifs is 1. The molecule has 1 aliphatic heterocycles. The number of thioether (sulfide) groups is 1. The Balaban J connectivity index is 1.45. The van der Waals surface area contributed by atoms with Crippen LogP contribution in [0.3, 0.4) is 0 Å². The smallest absolute Gasteiger partial charge is 0.229 e. The molecule has 4 rings (SSSR count). The number of amides is 1. The van der Waals surface area contributed by atoms with Crippen molar-refractivity contribution in [3.05, 3.63) is 53.8 Å². The number of morpholine rings is 1. The zero-order valence-electron chi connectivity index (χ0n) is 17.6. The number of benzene rings is 2. The van der Waals surface area contributed by atoms with Gasteiger partial charge in [-0.1, -0.05) is 23.5 Å². The van der Waals surface area contributed by atoms with Gasteiger partial charge in [-0.25, -0.2) is 9.37 Å². The fraction of sp³-hybridized carbons (Fsp3) is 0.391. The number of ether oxygens (including phenoxy) is 1. The molecule has 0 unspecified atom stereocenters. The standard InChI is InChI=1S/C23H26FN3O2S2/c1-17-3-2-4-20-22(17)25-23(31-20)27(11-10-26-12-14-29-15-13-26)21(28)9-16-30-19-7-5-18(24)6-8-19/h2-8H,9-16H2,1H3. The molecule has 164 valence electrons. The molecule has 5 nitrogen and oxygen atoms in total. The number of aryl methyl sites for hydroxylation is 1. The van der Waals surface area contributed by atoms with Crippen molar-refractivity contribution in [1.29, 1.82) is 0 Å². The van der Waals surface area contributed by atoms with Gasteiger partial charge in [0.15, 0.2) is 5.13 Å². The summed E-state index contributed by atoms with van der Waals surface area (Å²) >= 11 is 3.13. The molecule has 0 saturated carbocycles. The van der Waals surface area contributed by atoms with Gasteiger partial charge in [-0.05, 0) is 42.8 Å². The Labute approximate surface area is 190 Å². The molecule has 0 radical (unpaired) electrons. The third-order valence-electron chi connectivity index (χ3n) is 5.28. The number of halogens is 1. The van der Waals surface area contributed by atoms with Crippen LogP contribution in [0.2, 0.25) is 0 Å². The van der Waals surface area contributed by atoms with Crippen LogP contribution in [0, 0.1) is 12.7 Å². The van der Waals surface area contributed by atoms with Crippen molar-refractivity contribution in [3.63, 3.8) is 0 Å². The van der Waals surface area contributed by atoms with E-state index in [1.165, 1.54) is 12.1 Å². The van der Waals surface area contributed by atoms with Gasteiger partial charge in [-0.3, -0.25) is 14.6 Å². The van der Waals surface area contributed by atoms with Gasteiger partial charge >= 0.3 is 0 Å². The maximum atomic E-state index is 13.2. The highest BCUT2D eigenvalue weighted by Crippen LogP contribution is 2.31. The molecule has 3 aromatic rings. The van der Waals surface area contributed by atoms with Gasteiger partial charge in [-0.15, -0.1) is 11.8 Å². The van der Waals surface area contributed by atoms with Crippen LogP contribution in [0.15, 0.2) is 47.4 Å². The third kappa shape index (κ3) is 5.83. The summed E-state index contributed by atoms with van der Waals surface area (Å²) in [5.74, 6) is 0.461. The zero-order valence-corrected chi connectivity index (χ0v) is 19.2. The summed E-state index contributed by atoms with van der Waals surface area (Å²) in [7, 11) is 0. The Hall–Kier alpha value is -2.00. The molecule has 8 heteroatoms. The summed E-state index contributed by atoms with van der Waals surface area (Å²) in [5.41, 5.74) is 2.08. The SMILES string of the molecule is Cc1cccc2sc(N(CCN3CCOCC3)C(=O)CCSc3ccc(F)cc3)nc12. The van der Waals surface area contributed by atoms with E-state index in [2.05, 4.69) is 11.0 Å². The maximum Gasteiger partial charge on any atom is 0.229 e. The topological polar surface area (TPSA) is 45.7 Å². The number of nitrogens with zero attached hydrogens (tertiary/aromatic N) is 3. The average Bonchev–Trinajstić information content (AvgIpc) is 3.21. The van der Waals surface area contributed by atoms with Crippen molar-refractivity contribution in [2.45, 2.75) is 18.2 Å². The number of hydrogen-bond donors (Lipinski definition) is 0. The van der Waals surface area contributed by atoms with E-state index in [0.717, 1.165) is 58.7 Å². The first-order valence-electron chi connectivity index (χ1n) is 10.4. The summed E-state index contributed by atoms with van der Waals surface area (Å²) < 4.78 is 19.6. The average molecular weight is 460 g/mol. The van der Waals surface area contributed by atoms with Crippen LogP contribution < -0.4 is 4.90 Å². The first kappa shape index (κ1) is 22.2. The maximum absolute atomic E-state index is 13.2. The Kier molecular flexibility index (Phi) is 7.55. The van der Waals surface area contributed by atoms with Crippen molar-refractivity contribution >= 4 is 44.4 Å². The normalized spacial score (nSPS) is 14.8. The van der Waals surface area contributed by atoms with E-state index in [0.29, 0.717) is 18.7 Å². The number of carbonyl (C=O) groups excluding carboxylic acids is 1. The molecule has 1 saturated heterocycles. The molecule has 1 aromatic heterocycles. The van der Waals surface area contributed by atoms with Crippen LogP contribution in [-0.2, 0) is 9.53 Å². The molecule has 0 spiro atoms. The van der Waals surface area contributed by atoms with Crippen molar-refractivity contribution in [2.75, 3.05) is 50.0 Å². The lowest BCUT2D eigenvalue weighted by molar-refractivity contribution is -0.118.